The molecule has 2 aromatic heterocycles. The van der Waals surface area contributed by atoms with Crippen molar-refractivity contribution >= 4 is 10.9 Å². The molecule has 0 aromatic carbocycles. The molecule has 0 N–H and O–H groups in total. The summed E-state index contributed by atoms with van der Waals surface area (Å²) in [4.78, 5) is 11.4. The second kappa shape index (κ2) is 2.17. The van der Waals surface area contributed by atoms with Crippen LogP contribution in [0.15, 0.2) is 17.2 Å². The molecule has 0 spiro atoms. The molecule has 0 aliphatic carbocycles. The molecule has 2 rings (SSSR count). The Kier molecular flexibility index (Phi) is 1.27. The quantitative estimate of drug-likeness (QED) is 0.535. The van der Waals surface area contributed by atoms with E-state index in [0.717, 1.165) is 0 Å². The SMILES string of the molecule is Cn1cc2c(=O)n(C)ncc2n1. The highest BCUT2D eigenvalue weighted by molar-refractivity contribution is 5.75. The minimum atomic E-state index is -0.111. The summed E-state index contributed by atoms with van der Waals surface area (Å²) < 4.78 is 2.90. The Balaban J connectivity index is 2.99. The lowest BCUT2D eigenvalue weighted by Gasteiger charge is -1.91. The van der Waals surface area contributed by atoms with Crippen molar-refractivity contribution in [2.75, 3.05) is 0 Å². The Bertz CT molecular complexity index is 482. The molecule has 0 aliphatic heterocycles. The Hall–Kier alpha value is -1.65. The lowest BCUT2D eigenvalue weighted by atomic mass is 10.4. The topological polar surface area (TPSA) is 52.7 Å². The molecule has 62 valence electrons. The van der Waals surface area contributed by atoms with Crippen molar-refractivity contribution in [2.24, 2.45) is 14.1 Å². The Morgan fingerprint density at radius 1 is 1.42 bits per heavy atom. The van der Waals surface area contributed by atoms with Crippen LogP contribution in [0.4, 0.5) is 0 Å². The third-order valence-electron chi connectivity index (χ3n) is 1.73. The molecule has 0 fully saturated rings. The number of hydrogen-bond acceptors (Lipinski definition) is 3. The van der Waals surface area contributed by atoms with Gasteiger partial charge in [-0.2, -0.15) is 10.2 Å². The maximum atomic E-state index is 11.4. The first kappa shape index (κ1) is 7.02. The van der Waals surface area contributed by atoms with Gasteiger partial charge in [-0.15, -0.1) is 0 Å². The lowest BCUT2D eigenvalue weighted by Crippen LogP contribution is -2.18. The highest BCUT2D eigenvalue weighted by Gasteiger charge is 2.03. The molecule has 5 heteroatoms. The molecule has 12 heavy (non-hydrogen) atoms. The fourth-order valence-electron chi connectivity index (χ4n) is 1.13. The Labute approximate surface area is 68.2 Å². The van der Waals surface area contributed by atoms with Crippen molar-refractivity contribution in [1.82, 2.24) is 19.6 Å². The number of nitrogens with zero attached hydrogens (tertiary/aromatic N) is 4. The molecule has 0 radical (unpaired) electrons. The number of fused-ring (bicyclic) bond motifs is 1. The fraction of sp³-hybridized carbons (Fsp3) is 0.286. The van der Waals surface area contributed by atoms with Gasteiger partial charge in [-0.3, -0.25) is 9.48 Å². The van der Waals surface area contributed by atoms with E-state index in [-0.39, 0.29) is 5.56 Å². The van der Waals surface area contributed by atoms with Gasteiger partial charge in [0, 0.05) is 20.3 Å². The minimum absolute atomic E-state index is 0.111. The number of aryl methyl sites for hydroxylation is 2. The van der Waals surface area contributed by atoms with Gasteiger partial charge in [-0.25, -0.2) is 4.68 Å². The van der Waals surface area contributed by atoms with Crippen molar-refractivity contribution in [3.8, 4) is 0 Å². The minimum Gasteiger partial charge on any atom is -0.274 e. The molecule has 0 saturated carbocycles. The zero-order valence-electron chi connectivity index (χ0n) is 6.85. The maximum Gasteiger partial charge on any atom is 0.277 e. The van der Waals surface area contributed by atoms with Crippen LogP contribution in [-0.2, 0) is 14.1 Å². The Morgan fingerprint density at radius 2 is 2.17 bits per heavy atom. The van der Waals surface area contributed by atoms with Crippen molar-refractivity contribution in [1.29, 1.82) is 0 Å². The van der Waals surface area contributed by atoms with Crippen molar-refractivity contribution < 1.29 is 0 Å². The molecule has 0 amide bonds. The molecular weight excluding hydrogens is 156 g/mol. The summed E-state index contributed by atoms with van der Waals surface area (Å²) >= 11 is 0. The monoisotopic (exact) mass is 164 g/mol. The molecule has 5 nitrogen and oxygen atoms in total. The smallest absolute Gasteiger partial charge is 0.274 e. The maximum absolute atomic E-state index is 11.4. The van der Waals surface area contributed by atoms with Crippen molar-refractivity contribution in [3.05, 3.63) is 22.7 Å². The van der Waals surface area contributed by atoms with E-state index < -0.39 is 0 Å². The molecule has 0 saturated heterocycles. The van der Waals surface area contributed by atoms with Crippen LogP contribution >= 0.6 is 0 Å². The average Bonchev–Trinajstić information content (AvgIpc) is 2.39. The molecule has 0 aliphatic rings. The van der Waals surface area contributed by atoms with E-state index in [1.165, 1.54) is 4.68 Å². The number of hydrogen-bond donors (Lipinski definition) is 0. The second-order valence-corrected chi connectivity index (χ2v) is 2.68. The summed E-state index contributed by atoms with van der Waals surface area (Å²) in [6, 6.07) is 0. The van der Waals surface area contributed by atoms with E-state index in [4.69, 9.17) is 0 Å². The van der Waals surface area contributed by atoms with Gasteiger partial charge >= 0.3 is 0 Å². The summed E-state index contributed by atoms with van der Waals surface area (Å²) in [5.41, 5.74) is 0.529. The largest absolute Gasteiger partial charge is 0.277 e. The van der Waals surface area contributed by atoms with Gasteiger partial charge in [0.1, 0.15) is 5.52 Å². The van der Waals surface area contributed by atoms with Crippen LogP contribution in [0.25, 0.3) is 10.9 Å². The van der Waals surface area contributed by atoms with Gasteiger partial charge in [0.25, 0.3) is 5.56 Å². The number of rotatable bonds is 0. The number of aromatic nitrogens is 4. The third-order valence-corrected chi connectivity index (χ3v) is 1.73. The summed E-state index contributed by atoms with van der Waals surface area (Å²) in [6.45, 7) is 0. The zero-order valence-corrected chi connectivity index (χ0v) is 6.85. The first-order valence-electron chi connectivity index (χ1n) is 3.54. The van der Waals surface area contributed by atoms with E-state index >= 15 is 0 Å². The van der Waals surface area contributed by atoms with E-state index in [0.29, 0.717) is 10.9 Å². The van der Waals surface area contributed by atoms with Gasteiger partial charge < -0.3 is 0 Å². The standard InChI is InChI=1S/C7H8N4O/c1-10-4-5-6(9-10)3-8-11(2)7(5)12/h3-4H,1-2H3. The summed E-state index contributed by atoms with van der Waals surface area (Å²) in [5, 5.41) is 8.51. The predicted octanol–water partition coefficient (Wildman–Crippen LogP) is -0.333. The van der Waals surface area contributed by atoms with Gasteiger partial charge in [-0.05, 0) is 0 Å². The van der Waals surface area contributed by atoms with Crippen LogP contribution in [-0.4, -0.2) is 19.6 Å². The zero-order chi connectivity index (χ0) is 8.72. The fourth-order valence-corrected chi connectivity index (χ4v) is 1.13. The molecule has 0 bridgehead atoms. The van der Waals surface area contributed by atoms with Gasteiger partial charge in [0.2, 0.25) is 0 Å². The first-order valence-corrected chi connectivity index (χ1v) is 3.54. The molecule has 2 heterocycles. The van der Waals surface area contributed by atoms with Crippen LogP contribution in [0.2, 0.25) is 0 Å². The highest BCUT2D eigenvalue weighted by Crippen LogP contribution is 2.02. The Morgan fingerprint density at radius 3 is 2.92 bits per heavy atom. The van der Waals surface area contributed by atoms with Crippen LogP contribution in [0.5, 0.6) is 0 Å². The normalized spacial score (nSPS) is 10.8. The second-order valence-electron chi connectivity index (χ2n) is 2.68. The van der Waals surface area contributed by atoms with Crippen molar-refractivity contribution in [2.45, 2.75) is 0 Å². The summed E-state index contributed by atoms with van der Waals surface area (Å²) in [5.74, 6) is 0. The third kappa shape index (κ3) is 0.827. The van der Waals surface area contributed by atoms with Gasteiger partial charge in [0.05, 0.1) is 11.6 Å². The van der Waals surface area contributed by atoms with E-state index in [9.17, 15) is 4.79 Å². The summed E-state index contributed by atoms with van der Waals surface area (Å²) in [6.07, 6.45) is 3.27. The van der Waals surface area contributed by atoms with E-state index in [1.807, 2.05) is 0 Å². The molecular formula is C7H8N4O. The first-order chi connectivity index (χ1) is 5.68. The van der Waals surface area contributed by atoms with E-state index in [1.54, 1.807) is 31.2 Å². The van der Waals surface area contributed by atoms with Crippen LogP contribution in [0, 0.1) is 0 Å². The molecule has 0 atom stereocenters. The summed E-state index contributed by atoms with van der Waals surface area (Å²) in [7, 11) is 3.40. The highest BCUT2D eigenvalue weighted by atomic mass is 16.1. The van der Waals surface area contributed by atoms with Gasteiger partial charge in [-0.1, -0.05) is 0 Å². The van der Waals surface area contributed by atoms with Crippen LogP contribution < -0.4 is 5.56 Å². The van der Waals surface area contributed by atoms with Crippen LogP contribution in [0.1, 0.15) is 0 Å². The van der Waals surface area contributed by atoms with Gasteiger partial charge in [0.15, 0.2) is 0 Å². The van der Waals surface area contributed by atoms with Crippen LogP contribution in [0.3, 0.4) is 0 Å². The lowest BCUT2D eigenvalue weighted by molar-refractivity contribution is 0.717. The predicted molar refractivity (Wildman–Crippen MR) is 43.8 cm³/mol. The molecule has 2 aromatic rings. The van der Waals surface area contributed by atoms with Crippen molar-refractivity contribution in [3.63, 3.8) is 0 Å². The van der Waals surface area contributed by atoms with E-state index in [2.05, 4.69) is 10.2 Å². The molecule has 0 unspecified atom stereocenters. The average molecular weight is 164 g/mol.